The molecule has 1 aromatic carbocycles. The van der Waals surface area contributed by atoms with Crippen LogP contribution < -0.4 is 10.1 Å². The molecule has 4 aromatic rings. The maximum absolute atomic E-state index is 13.5. The molecule has 2 aliphatic rings. The summed E-state index contributed by atoms with van der Waals surface area (Å²) in [6.45, 7) is 3.33. The fraction of sp³-hybridized carbons (Fsp3) is 0.280. The maximum atomic E-state index is 13.5. The highest BCUT2D eigenvalue weighted by Gasteiger charge is 2.40. The van der Waals surface area contributed by atoms with Crippen LogP contribution in [0.25, 0.3) is 17.1 Å². The Bertz CT molecular complexity index is 1480. The molecule has 1 atom stereocenters. The standard InChI is InChI=1S/C25H24N8O3/c1-15-29-14-33(30-15)24-22-21(19(36-2)12-28-24)17(10-27-22)23(34)25(35)31-8-9-32-18(11-26-20(32)13-31)16-6-4-3-5-7-16/h3-7,11-12,14,17,27H,8-10,13H2,1-2H3. The Kier molecular flexibility index (Phi) is 5.24. The molecule has 0 radical (unpaired) electrons. The van der Waals surface area contributed by atoms with E-state index in [1.807, 2.05) is 36.5 Å². The summed E-state index contributed by atoms with van der Waals surface area (Å²) in [5.74, 6) is 0.594. The number of pyridine rings is 1. The molecule has 1 amide bonds. The summed E-state index contributed by atoms with van der Waals surface area (Å²) in [4.78, 5) is 41.6. The van der Waals surface area contributed by atoms with E-state index in [1.54, 1.807) is 29.0 Å². The van der Waals surface area contributed by atoms with Gasteiger partial charge in [-0.15, -0.1) is 0 Å². The summed E-state index contributed by atoms with van der Waals surface area (Å²) in [6, 6.07) is 10.0. The van der Waals surface area contributed by atoms with Crippen molar-refractivity contribution in [3.63, 3.8) is 0 Å². The quantitative estimate of drug-likeness (QED) is 0.427. The molecule has 11 nitrogen and oxygen atoms in total. The zero-order valence-electron chi connectivity index (χ0n) is 19.9. The molecule has 182 valence electrons. The predicted octanol–water partition coefficient (Wildman–Crippen LogP) is 1.96. The largest absolute Gasteiger partial charge is 0.495 e. The van der Waals surface area contributed by atoms with Crippen molar-refractivity contribution in [3.05, 3.63) is 66.3 Å². The SMILES string of the molecule is COc1cnc(-n2cnc(C)n2)c2c1C(C(=O)C(=O)N1CCn3c(-c4ccccc4)cnc3C1)CN2. The molecule has 36 heavy (non-hydrogen) atoms. The van der Waals surface area contributed by atoms with Crippen LogP contribution in [0.2, 0.25) is 0 Å². The molecule has 0 saturated heterocycles. The topological polar surface area (TPSA) is 120 Å². The number of rotatable bonds is 5. The fourth-order valence-electron chi connectivity index (χ4n) is 4.91. The number of carbonyl (C=O) groups excluding carboxylic acids is 2. The molecule has 0 bridgehead atoms. The monoisotopic (exact) mass is 484 g/mol. The lowest BCUT2D eigenvalue weighted by molar-refractivity contribution is -0.146. The first kappa shape index (κ1) is 22.0. The first-order chi connectivity index (χ1) is 17.5. The van der Waals surface area contributed by atoms with Crippen molar-refractivity contribution in [1.29, 1.82) is 0 Å². The van der Waals surface area contributed by atoms with Crippen molar-refractivity contribution < 1.29 is 14.3 Å². The number of carbonyl (C=O) groups is 2. The van der Waals surface area contributed by atoms with Gasteiger partial charge in [0.2, 0.25) is 5.78 Å². The minimum Gasteiger partial charge on any atom is -0.495 e. The summed E-state index contributed by atoms with van der Waals surface area (Å²) < 4.78 is 9.17. The third-order valence-electron chi connectivity index (χ3n) is 6.69. The molecular formula is C25H24N8O3. The number of fused-ring (bicyclic) bond motifs is 2. The molecule has 3 aromatic heterocycles. The zero-order valence-corrected chi connectivity index (χ0v) is 19.9. The lowest BCUT2D eigenvalue weighted by Crippen LogP contribution is -2.43. The van der Waals surface area contributed by atoms with Crippen molar-refractivity contribution in [2.75, 3.05) is 25.5 Å². The van der Waals surface area contributed by atoms with E-state index in [0.717, 1.165) is 17.1 Å². The third-order valence-corrected chi connectivity index (χ3v) is 6.69. The summed E-state index contributed by atoms with van der Waals surface area (Å²) in [6.07, 6.45) is 4.93. The van der Waals surface area contributed by atoms with Gasteiger partial charge >= 0.3 is 0 Å². The molecule has 0 aliphatic carbocycles. The summed E-state index contributed by atoms with van der Waals surface area (Å²) in [5.41, 5.74) is 3.30. The van der Waals surface area contributed by atoms with Crippen LogP contribution in [0.1, 0.15) is 23.1 Å². The summed E-state index contributed by atoms with van der Waals surface area (Å²) in [5, 5.41) is 7.57. The molecule has 2 aliphatic heterocycles. The number of ketones is 1. The van der Waals surface area contributed by atoms with E-state index in [1.165, 1.54) is 7.11 Å². The van der Waals surface area contributed by atoms with Gasteiger partial charge in [0.05, 0.1) is 43.3 Å². The van der Waals surface area contributed by atoms with Crippen LogP contribution in [0.5, 0.6) is 5.75 Å². The Morgan fingerprint density at radius 3 is 2.67 bits per heavy atom. The first-order valence-corrected chi connectivity index (χ1v) is 11.7. The number of methoxy groups -OCH3 is 1. The molecular weight excluding hydrogens is 460 g/mol. The van der Waals surface area contributed by atoms with Crippen LogP contribution in [0.3, 0.4) is 0 Å². The van der Waals surface area contributed by atoms with Gasteiger partial charge in [-0.3, -0.25) is 9.59 Å². The van der Waals surface area contributed by atoms with E-state index >= 15 is 0 Å². The van der Waals surface area contributed by atoms with E-state index < -0.39 is 17.6 Å². The van der Waals surface area contributed by atoms with Gasteiger partial charge in [-0.05, 0) is 12.5 Å². The Morgan fingerprint density at radius 1 is 1.08 bits per heavy atom. The number of nitrogens with one attached hydrogen (secondary N) is 1. The number of hydrogen-bond acceptors (Lipinski definition) is 8. The van der Waals surface area contributed by atoms with E-state index in [2.05, 4.69) is 29.9 Å². The number of Topliss-reactive ketones (excluding diaryl/α,β-unsaturated/α-hetero) is 1. The van der Waals surface area contributed by atoms with Gasteiger partial charge in [0.1, 0.15) is 23.7 Å². The fourth-order valence-corrected chi connectivity index (χ4v) is 4.91. The van der Waals surface area contributed by atoms with Crippen molar-refractivity contribution in [3.8, 4) is 22.8 Å². The number of aryl methyl sites for hydroxylation is 1. The van der Waals surface area contributed by atoms with Gasteiger partial charge in [0.15, 0.2) is 5.82 Å². The average molecular weight is 485 g/mol. The van der Waals surface area contributed by atoms with Gasteiger partial charge in [-0.1, -0.05) is 30.3 Å². The highest BCUT2D eigenvalue weighted by Crippen LogP contribution is 2.42. The first-order valence-electron chi connectivity index (χ1n) is 11.7. The van der Waals surface area contributed by atoms with Crippen LogP contribution in [-0.2, 0) is 22.7 Å². The number of nitrogens with zero attached hydrogens (tertiary/aromatic N) is 7. The van der Waals surface area contributed by atoms with Crippen LogP contribution >= 0.6 is 0 Å². The van der Waals surface area contributed by atoms with Gasteiger partial charge in [-0.2, -0.15) is 5.10 Å². The zero-order chi connectivity index (χ0) is 24.8. The van der Waals surface area contributed by atoms with Crippen LogP contribution in [0, 0.1) is 6.92 Å². The van der Waals surface area contributed by atoms with Crippen LogP contribution in [-0.4, -0.2) is 66.1 Å². The molecule has 0 fully saturated rings. The molecule has 1 unspecified atom stereocenters. The number of amides is 1. The molecule has 0 spiro atoms. The lowest BCUT2D eigenvalue weighted by Gasteiger charge is -2.29. The number of imidazole rings is 1. The maximum Gasteiger partial charge on any atom is 0.291 e. The van der Waals surface area contributed by atoms with Gasteiger partial charge < -0.3 is 19.5 Å². The molecule has 11 heteroatoms. The van der Waals surface area contributed by atoms with Gasteiger partial charge in [0, 0.05) is 25.2 Å². The highest BCUT2D eigenvalue weighted by atomic mass is 16.5. The van der Waals surface area contributed by atoms with Gasteiger partial charge in [0.25, 0.3) is 5.91 Å². The Hall–Kier alpha value is -4.54. The normalized spacial score (nSPS) is 16.3. The summed E-state index contributed by atoms with van der Waals surface area (Å²) >= 11 is 0. The predicted molar refractivity (Wildman–Crippen MR) is 130 cm³/mol. The Labute approximate surface area is 206 Å². The second kappa shape index (κ2) is 8.59. The molecule has 1 N–H and O–H groups in total. The van der Waals surface area contributed by atoms with E-state index in [0.29, 0.717) is 41.7 Å². The van der Waals surface area contributed by atoms with Crippen molar-refractivity contribution >= 4 is 17.4 Å². The number of benzene rings is 1. The second-order valence-electron chi connectivity index (χ2n) is 8.78. The minimum absolute atomic E-state index is 0.267. The van der Waals surface area contributed by atoms with Crippen LogP contribution in [0.4, 0.5) is 5.69 Å². The number of hydrogen-bond donors (Lipinski definition) is 1. The number of aromatic nitrogens is 6. The molecule has 6 rings (SSSR count). The second-order valence-corrected chi connectivity index (χ2v) is 8.78. The van der Waals surface area contributed by atoms with E-state index in [9.17, 15) is 9.59 Å². The Balaban J connectivity index is 1.26. The van der Waals surface area contributed by atoms with E-state index in [4.69, 9.17) is 4.74 Å². The number of anilines is 1. The molecule has 5 heterocycles. The van der Waals surface area contributed by atoms with Crippen molar-refractivity contribution in [1.82, 2.24) is 34.2 Å². The third kappa shape index (κ3) is 3.51. The number of ether oxygens (including phenoxy) is 1. The van der Waals surface area contributed by atoms with Gasteiger partial charge in [-0.25, -0.2) is 19.6 Å². The van der Waals surface area contributed by atoms with Crippen LogP contribution in [0.15, 0.2) is 49.1 Å². The minimum atomic E-state index is -0.699. The molecule has 0 saturated carbocycles. The van der Waals surface area contributed by atoms with Crippen molar-refractivity contribution in [2.45, 2.75) is 25.9 Å². The lowest BCUT2D eigenvalue weighted by atomic mass is 9.95. The average Bonchev–Trinajstić information content (AvgIpc) is 3.65. The van der Waals surface area contributed by atoms with E-state index in [-0.39, 0.29) is 13.1 Å². The Morgan fingerprint density at radius 2 is 1.92 bits per heavy atom. The smallest absolute Gasteiger partial charge is 0.291 e. The summed E-state index contributed by atoms with van der Waals surface area (Å²) in [7, 11) is 1.52. The van der Waals surface area contributed by atoms with Crippen molar-refractivity contribution in [2.24, 2.45) is 0 Å². The highest BCUT2D eigenvalue weighted by molar-refractivity contribution is 6.38.